The quantitative estimate of drug-likeness (QED) is 0.542. The van der Waals surface area contributed by atoms with Gasteiger partial charge in [-0.3, -0.25) is 4.79 Å². The molecule has 1 N–H and O–H groups in total. The maximum absolute atomic E-state index is 10.9. The predicted molar refractivity (Wildman–Crippen MR) is 98.5 cm³/mol. The van der Waals surface area contributed by atoms with Crippen LogP contribution in [0.1, 0.15) is 19.4 Å². The molecule has 0 radical (unpaired) electrons. The van der Waals surface area contributed by atoms with E-state index < -0.39 is 0 Å². The van der Waals surface area contributed by atoms with E-state index in [4.69, 9.17) is 4.74 Å². The van der Waals surface area contributed by atoms with E-state index in [2.05, 4.69) is 54.7 Å². The van der Waals surface area contributed by atoms with Gasteiger partial charge in [-0.25, -0.2) is 0 Å². The number of hydrogen-bond donors (Lipinski definition) is 1. The predicted octanol–water partition coefficient (Wildman–Crippen LogP) is 4.81. The molecule has 3 aromatic rings. The van der Waals surface area contributed by atoms with E-state index in [0.717, 1.165) is 12.1 Å². The van der Waals surface area contributed by atoms with Crippen LogP contribution in [0.2, 0.25) is 0 Å². The number of esters is 1. The van der Waals surface area contributed by atoms with Gasteiger partial charge in [0.1, 0.15) is 5.75 Å². The zero-order valence-electron chi connectivity index (χ0n) is 14.0. The Hall–Kier alpha value is -2.81. The number of rotatable bonds is 5. The molecule has 3 aromatic carbocycles. The molecule has 0 fully saturated rings. The summed E-state index contributed by atoms with van der Waals surface area (Å²) in [5.41, 5.74) is 2.32. The van der Waals surface area contributed by atoms with Crippen LogP contribution in [-0.2, 0) is 11.2 Å². The van der Waals surface area contributed by atoms with Crippen LogP contribution in [-0.4, -0.2) is 12.0 Å². The van der Waals surface area contributed by atoms with Gasteiger partial charge in [0.05, 0.1) is 0 Å². The van der Waals surface area contributed by atoms with Crippen molar-refractivity contribution in [3.05, 3.63) is 72.3 Å². The third-order valence-electron chi connectivity index (χ3n) is 3.88. The van der Waals surface area contributed by atoms with Crippen LogP contribution in [0.15, 0.2) is 66.7 Å². The first-order valence-corrected chi connectivity index (χ1v) is 8.13. The smallest absolute Gasteiger partial charge is 0.308 e. The van der Waals surface area contributed by atoms with E-state index in [1.165, 1.54) is 23.3 Å². The number of nitrogens with one attached hydrogen (secondary N) is 1. The molecule has 1 atom stereocenters. The van der Waals surface area contributed by atoms with Crippen molar-refractivity contribution >= 4 is 22.4 Å². The van der Waals surface area contributed by atoms with Crippen molar-refractivity contribution in [2.45, 2.75) is 26.3 Å². The summed E-state index contributed by atoms with van der Waals surface area (Å²) in [7, 11) is 0. The van der Waals surface area contributed by atoms with E-state index in [9.17, 15) is 4.79 Å². The average Bonchev–Trinajstić information content (AvgIpc) is 2.56. The first-order chi connectivity index (χ1) is 11.6. The van der Waals surface area contributed by atoms with Crippen molar-refractivity contribution in [2.24, 2.45) is 0 Å². The number of benzene rings is 3. The van der Waals surface area contributed by atoms with Crippen LogP contribution in [0, 0.1) is 0 Å². The lowest BCUT2D eigenvalue weighted by Gasteiger charge is -2.16. The Morgan fingerprint density at radius 3 is 2.42 bits per heavy atom. The maximum atomic E-state index is 10.9. The van der Waals surface area contributed by atoms with E-state index in [0.29, 0.717) is 11.8 Å². The van der Waals surface area contributed by atoms with Crippen LogP contribution in [0.25, 0.3) is 10.8 Å². The molecule has 1 unspecified atom stereocenters. The largest absolute Gasteiger partial charge is 0.427 e. The van der Waals surface area contributed by atoms with Gasteiger partial charge in [-0.05, 0) is 53.9 Å². The molecule has 3 rings (SSSR count). The third kappa shape index (κ3) is 4.13. The first-order valence-electron chi connectivity index (χ1n) is 8.13. The molecule has 0 saturated carbocycles. The molecule has 0 bridgehead atoms. The van der Waals surface area contributed by atoms with Crippen molar-refractivity contribution < 1.29 is 9.53 Å². The fraction of sp³-hybridized carbons (Fsp3) is 0.190. The van der Waals surface area contributed by atoms with Gasteiger partial charge in [0.25, 0.3) is 0 Å². The van der Waals surface area contributed by atoms with E-state index in [-0.39, 0.29) is 5.97 Å². The molecule has 122 valence electrons. The summed E-state index contributed by atoms with van der Waals surface area (Å²) in [5, 5.41) is 6.02. The van der Waals surface area contributed by atoms with Crippen LogP contribution in [0.3, 0.4) is 0 Å². The lowest BCUT2D eigenvalue weighted by Crippen LogP contribution is -2.18. The highest BCUT2D eigenvalue weighted by atomic mass is 16.5. The van der Waals surface area contributed by atoms with Crippen LogP contribution in [0.5, 0.6) is 5.75 Å². The highest BCUT2D eigenvalue weighted by molar-refractivity contribution is 5.83. The third-order valence-corrected chi connectivity index (χ3v) is 3.88. The number of carbonyl (C=O) groups excluding carboxylic acids is 1. The van der Waals surface area contributed by atoms with Gasteiger partial charge in [0.15, 0.2) is 0 Å². The number of anilines is 1. The summed E-state index contributed by atoms with van der Waals surface area (Å²) in [4.78, 5) is 10.9. The second-order valence-electron chi connectivity index (χ2n) is 6.05. The summed E-state index contributed by atoms with van der Waals surface area (Å²) in [6.07, 6.45) is 0.941. The zero-order chi connectivity index (χ0) is 16.9. The van der Waals surface area contributed by atoms with Gasteiger partial charge in [-0.15, -0.1) is 0 Å². The topological polar surface area (TPSA) is 38.3 Å². The summed E-state index contributed by atoms with van der Waals surface area (Å²) in [6, 6.07) is 22.8. The molecule has 0 aromatic heterocycles. The van der Waals surface area contributed by atoms with E-state index in [1.807, 2.05) is 12.1 Å². The average molecular weight is 319 g/mol. The van der Waals surface area contributed by atoms with Crippen molar-refractivity contribution in [1.82, 2.24) is 0 Å². The Kier molecular flexibility index (Phi) is 4.80. The van der Waals surface area contributed by atoms with Gasteiger partial charge in [-0.1, -0.05) is 42.5 Å². The minimum Gasteiger partial charge on any atom is -0.427 e. The molecule has 0 spiro atoms. The second kappa shape index (κ2) is 7.18. The summed E-state index contributed by atoms with van der Waals surface area (Å²) in [6.45, 7) is 3.56. The van der Waals surface area contributed by atoms with Crippen molar-refractivity contribution in [2.75, 3.05) is 5.32 Å². The standard InChI is InChI=1S/C21H21NO2/c1-15(22-20-9-11-21(12-10-20)24-16(2)23)13-17-7-8-18-5-3-4-6-19(18)14-17/h3-12,14-15,22H,13H2,1-2H3. The number of fused-ring (bicyclic) bond motifs is 1. The molecule has 24 heavy (non-hydrogen) atoms. The number of hydrogen-bond acceptors (Lipinski definition) is 3. The molecular formula is C21H21NO2. The molecule has 3 heteroatoms. The molecule has 0 amide bonds. The van der Waals surface area contributed by atoms with Gasteiger partial charge in [-0.2, -0.15) is 0 Å². The zero-order valence-corrected chi connectivity index (χ0v) is 14.0. The molecular weight excluding hydrogens is 298 g/mol. The van der Waals surface area contributed by atoms with Gasteiger partial charge in [0, 0.05) is 18.7 Å². The Morgan fingerprint density at radius 2 is 1.71 bits per heavy atom. The fourth-order valence-electron chi connectivity index (χ4n) is 2.84. The molecule has 0 aliphatic heterocycles. The van der Waals surface area contributed by atoms with Crippen molar-refractivity contribution in [1.29, 1.82) is 0 Å². The second-order valence-corrected chi connectivity index (χ2v) is 6.05. The Morgan fingerprint density at radius 1 is 1.00 bits per heavy atom. The number of carbonyl (C=O) groups is 1. The summed E-state index contributed by atoms with van der Waals surface area (Å²) < 4.78 is 5.04. The first kappa shape index (κ1) is 16.1. The highest BCUT2D eigenvalue weighted by Crippen LogP contribution is 2.19. The number of ether oxygens (including phenoxy) is 1. The van der Waals surface area contributed by atoms with Gasteiger partial charge < -0.3 is 10.1 Å². The molecule has 0 aliphatic carbocycles. The van der Waals surface area contributed by atoms with E-state index >= 15 is 0 Å². The van der Waals surface area contributed by atoms with Gasteiger partial charge >= 0.3 is 5.97 Å². The van der Waals surface area contributed by atoms with Crippen molar-refractivity contribution in [3.8, 4) is 5.75 Å². The maximum Gasteiger partial charge on any atom is 0.308 e. The Balaban J connectivity index is 1.63. The minimum atomic E-state index is -0.305. The lowest BCUT2D eigenvalue weighted by atomic mass is 10.0. The van der Waals surface area contributed by atoms with Crippen LogP contribution in [0.4, 0.5) is 5.69 Å². The summed E-state index contributed by atoms with van der Waals surface area (Å²) in [5.74, 6) is 0.260. The molecule has 0 heterocycles. The highest BCUT2D eigenvalue weighted by Gasteiger charge is 2.05. The van der Waals surface area contributed by atoms with Crippen LogP contribution < -0.4 is 10.1 Å². The molecule has 0 saturated heterocycles. The fourth-order valence-corrected chi connectivity index (χ4v) is 2.84. The SMILES string of the molecule is CC(=O)Oc1ccc(NC(C)Cc2ccc3ccccc3c2)cc1. The Labute approximate surface area is 142 Å². The molecule has 0 aliphatic rings. The Bertz CT molecular complexity index is 840. The van der Waals surface area contributed by atoms with Crippen LogP contribution >= 0.6 is 0 Å². The normalized spacial score (nSPS) is 11.9. The monoisotopic (exact) mass is 319 g/mol. The van der Waals surface area contributed by atoms with E-state index in [1.54, 1.807) is 12.1 Å². The van der Waals surface area contributed by atoms with Gasteiger partial charge in [0.2, 0.25) is 0 Å². The van der Waals surface area contributed by atoms with Crippen molar-refractivity contribution in [3.63, 3.8) is 0 Å². The minimum absolute atomic E-state index is 0.297. The molecule has 3 nitrogen and oxygen atoms in total. The summed E-state index contributed by atoms with van der Waals surface area (Å²) >= 11 is 0. The lowest BCUT2D eigenvalue weighted by molar-refractivity contribution is -0.131.